The Balaban J connectivity index is 2.18. The van der Waals surface area contributed by atoms with Crippen LogP contribution in [0.15, 0.2) is 0 Å². The van der Waals surface area contributed by atoms with Gasteiger partial charge in [0.05, 0.1) is 6.54 Å². The molecule has 2 amide bonds. The van der Waals surface area contributed by atoms with Crippen molar-refractivity contribution < 1.29 is 9.59 Å². The highest BCUT2D eigenvalue weighted by atomic mass is 16.2. The number of carbonyl (C=O) groups is 2. The van der Waals surface area contributed by atoms with Gasteiger partial charge in [0.2, 0.25) is 11.8 Å². The Morgan fingerprint density at radius 1 is 1.16 bits per heavy atom. The Labute approximate surface area is 115 Å². The molecule has 0 aromatic rings. The molecule has 4 nitrogen and oxygen atoms in total. The van der Waals surface area contributed by atoms with E-state index in [9.17, 15) is 9.59 Å². The number of hydrogen-bond donors (Lipinski definition) is 1. The van der Waals surface area contributed by atoms with Gasteiger partial charge < -0.3 is 10.2 Å². The number of nitrogens with zero attached hydrogens (tertiary/aromatic N) is 1. The predicted octanol–water partition coefficient (Wildman–Crippen LogP) is 1.79. The van der Waals surface area contributed by atoms with E-state index in [1.54, 1.807) is 0 Å². The summed E-state index contributed by atoms with van der Waals surface area (Å²) in [4.78, 5) is 26.2. The lowest BCUT2D eigenvalue weighted by Crippen LogP contribution is -2.63. The highest BCUT2D eigenvalue weighted by Gasteiger charge is 2.42. The van der Waals surface area contributed by atoms with Crippen LogP contribution in [0.5, 0.6) is 0 Å². The molecule has 1 saturated carbocycles. The quantitative estimate of drug-likeness (QED) is 0.828. The molecule has 0 aromatic heterocycles. The zero-order chi connectivity index (χ0) is 14.2. The minimum Gasteiger partial charge on any atom is -0.345 e. The third kappa shape index (κ3) is 2.77. The molecule has 2 aliphatic rings. The molecule has 2 rings (SSSR count). The number of hydrogen-bond acceptors (Lipinski definition) is 2. The van der Waals surface area contributed by atoms with Crippen molar-refractivity contribution in [3.05, 3.63) is 0 Å². The Morgan fingerprint density at radius 3 is 2.42 bits per heavy atom. The number of piperazine rings is 1. The van der Waals surface area contributed by atoms with Crippen LogP contribution < -0.4 is 5.32 Å². The standard InChI is InChI=1S/C15H26N2O2/c1-9(2)14-15(19)16-8-13(18)17(14)12-6-5-10(3)11(4)7-12/h9-12,14H,5-8H2,1-4H3,(H,16,19). The lowest BCUT2D eigenvalue weighted by Gasteiger charge is -2.45. The minimum atomic E-state index is -0.285. The Bertz CT molecular complexity index is 367. The number of amides is 2. The van der Waals surface area contributed by atoms with Crippen LogP contribution in [-0.4, -0.2) is 35.3 Å². The summed E-state index contributed by atoms with van der Waals surface area (Å²) in [6.07, 6.45) is 3.22. The zero-order valence-electron chi connectivity index (χ0n) is 12.5. The molecule has 0 aromatic carbocycles. The zero-order valence-corrected chi connectivity index (χ0v) is 12.5. The minimum absolute atomic E-state index is 0.0147. The van der Waals surface area contributed by atoms with E-state index >= 15 is 0 Å². The monoisotopic (exact) mass is 266 g/mol. The molecule has 1 aliphatic carbocycles. The summed E-state index contributed by atoms with van der Waals surface area (Å²) in [5, 5.41) is 2.72. The van der Waals surface area contributed by atoms with Crippen molar-refractivity contribution in [3.8, 4) is 0 Å². The maximum absolute atomic E-state index is 12.3. The summed E-state index contributed by atoms with van der Waals surface area (Å²) < 4.78 is 0. The van der Waals surface area contributed by atoms with E-state index in [0.717, 1.165) is 25.2 Å². The summed E-state index contributed by atoms with van der Waals surface area (Å²) in [6, 6.07) is -0.0380. The average molecular weight is 266 g/mol. The highest BCUT2D eigenvalue weighted by molar-refractivity contribution is 5.95. The van der Waals surface area contributed by atoms with E-state index in [4.69, 9.17) is 0 Å². The van der Waals surface area contributed by atoms with Crippen LogP contribution in [0.4, 0.5) is 0 Å². The molecule has 4 unspecified atom stereocenters. The van der Waals surface area contributed by atoms with E-state index in [1.165, 1.54) is 0 Å². The summed E-state index contributed by atoms with van der Waals surface area (Å²) >= 11 is 0. The molecule has 4 heteroatoms. The topological polar surface area (TPSA) is 49.4 Å². The average Bonchev–Trinajstić information content (AvgIpc) is 2.35. The second kappa shape index (κ2) is 5.51. The van der Waals surface area contributed by atoms with Gasteiger partial charge in [0.15, 0.2) is 0 Å². The van der Waals surface area contributed by atoms with Crippen LogP contribution in [-0.2, 0) is 9.59 Å². The first kappa shape index (κ1) is 14.4. The van der Waals surface area contributed by atoms with Gasteiger partial charge in [-0.25, -0.2) is 0 Å². The van der Waals surface area contributed by atoms with Crippen molar-refractivity contribution in [3.63, 3.8) is 0 Å². The maximum atomic E-state index is 12.3. The van der Waals surface area contributed by atoms with Crippen LogP contribution in [0.2, 0.25) is 0 Å². The van der Waals surface area contributed by atoms with Gasteiger partial charge >= 0.3 is 0 Å². The molecule has 1 heterocycles. The number of rotatable bonds is 2. The summed E-state index contributed by atoms with van der Waals surface area (Å²) in [5.74, 6) is 1.62. The van der Waals surface area contributed by atoms with Crippen molar-refractivity contribution in [2.75, 3.05) is 6.54 Å². The van der Waals surface area contributed by atoms with Crippen LogP contribution in [0.1, 0.15) is 47.0 Å². The molecule has 4 atom stereocenters. The fourth-order valence-corrected chi connectivity index (χ4v) is 3.47. The molecule has 108 valence electrons. The first-order chi connectivity index (χ1) is 8.91. The molecule has 19 heavy (non-hydrogen) atoms. The molecule has 1 saturated heterocycles. The van der Waals surface area contributed by atoms with Gasteiger partial charge in [-0.2, -0.15) is 0 Å². The Hall–Kier alpha value is -1.06. The van der Waals surface area contributed by atoms with Gasteiger partial charge in [-0.1, -0.05) is 27.7 Å². The van der Waals surface area contributed by atoms with Crippen molar-refractivity contribution >= 4 is 11.8 Å². The number of nitrogens with one attached hydrogen (secondary N) is 1. The summed E-state index contributed by atoms with van der Waals surface area (Å²) in [5.41, 5.74) is 0. The van der Waals surface area contributed by atoms with Crippen molar-refractivity contribution in [2.24, 2.45) is 17.8 Å². The van der Waals surface area contributed by atoms with Gasteiger partial charge in [0, 0.05) is 6.04 Å². The van der Waals surface area contributed by atoms with E-state index in [-0.39, 0.29) is 36.4 Å². The highest BCUT2D eigenvalue weighted by Crippen LogP contribution is 2.34. The predicted molar refractivity (Wildman–Crippen MR) is 74.4 cm³/mol. The lowest BCUT2D eigenvalue weighted by atomic mass is 9.77. The SMILES string of the molecule is CC(C)C1C(=O)NCC(=O)N1C1CCC(C)C(C)C1. The van der Waals surface area contributed by atoms with Crippen LogP contribution in [0, 0.1) is 17.8 Å². The van der Waals surface area contributed by atoms with Crippen molar-refractivity contribution in [1.29, 1.82) is 0 Å². The van der Waals surface area contributed by atoms with E-state index in [0.29, 0.717) is 5.92 Å². The second-order valence-electron chi connectivity index (χ2n) is 6.63. The van der Waals surface area contributed by atoms with E-state index in [2.05, 4.69) is 19.2 Å². The van der Waals surface area contributed by atoms with Crippen LogP contribution in [0.3, 0.4) is 0 Å². The largest absolute Gasteiger partial charge is 0.345 e. The van der Waals surface area contributed by atoms with Crippen molar-refractivity contribution in [2.45, 2.75) is 59.0 Å². The van der Waals surface area contributed by atoms with Gasteiger partial charge in [0.1, 0.15) is 6.04 Å². The lowest BCUT2D eigenvalue weighted by molar-refractivity contribution is -0.151. The van der Waals surface area contributed by atoms with E-state index in [1.807, 2.05) is 18.7 Å². The first-order valence-corrected chi connectivity index (χ1v) is 7.50. The second-order valence-corrected chi connectivity index (χ2v) is 6.63. The van der Waals surface area contributed by atoms with Gasteiger partial charge in [-0.3, -0.25) is 9.59 Å². The number of carbonyl (C=O) groups excluding carboxylic acids is 2. The Kier molecular flexibility index (Phi) is 4.16. The molecule has 0 radical (unpaired) electrons. The van der Waals surface area contributed by atoms with Gasteiger partial charge in [-0.15, -0.1) is 0 Å². The smallest absolute Gasteiger partial charge is 0.243 e. The van der Waals surface area contributed by atoms with Crippen LogP contribution in [0.25, 0.3) is 0 Å². The molecule has 0 spiro atoms. The van der Waals surface area contributed by atoms with Gasteiger partial charge in [-0.05, 0) is 37.0 Å². The molecule has 2 fully saturated rings. The third-order valence-electron chi connectivity index (χ3n) is 4.87. The normalized spacial score (nSPS) is 36.6. The molecule has 0 bridgehead atoms. The fourth-order valence-electron chi connectivity index (χ4n) is 3.47. The maximum Gasteiger partial charge on any atom is 0.243 e. The molecule has 1 N–H and O–H groups in total. The van der Waals surface area contributed by atoms with Crippen LogP contribution >= 0.6 is 0 Å². The molecule has 1 aliphatic heterocycles. The Morgan fingerprint density at radius 2 is 1.84 bits per heavy atom. The summed E-state index contributed by atoms with van der Waals surface area (Å²) in [7, 11) is 0. The molecular formula is C15H26N2O2. The van der Waals surface area contributed by atoms with E-state index < -0.39 is 0 Å². The summed E-state index contributed by atoms with van der Waals surface area (Å²) in [6.45, 7) is 8.75. The third-order valence-corrected chi connectivity index (χ3v) is 4.87. The van der Waals surface area contributed by atoms with Gasteiger partial charge in [0.25, 0.3) is 0 Å². The fraction of sp³-hybridized carbons (Fsp3) is 0.867. The van der Waals surface area contributed by atoms with Crippen molar-refractivity contribution in [1.82, 2.24) is 10.2 Å². The molecular weight excluding hydrogens is 240 g/mol. The first-order valence-electron chi connectivity index (χ1n) is 7.50.